The first kappa shape index (κ1) is 54.5. The van der Waals surface area contributed by atoms with E-state index in [1.165, 1.54) is 0 Å². The molecule has 3 atom stereocenters. The first-order valence-corrected chi connectivity index (χ1v) is 25.1. The zero-order valence-corrected chi connectivity index (χ0v) is 42.8. The number of amides is 4. The zero-order valence-electron chi connectivity index (χ0n) is 41.9. The van der Waals surface area contributed by atoms with Crippen molar-refractivity contribution in [1.82, 2.24) is 25.9 Å². The predicted molar refractivity (Wildman–Crippen MR) is 275 cm³/mol. The van der Waals surface area contributed by atoms with Gasteiger partial charge in [-0.1, -0.05) is 103 Å². The average molecular weight is 1000 g/mol. The van der Waals surface area contributed by atoms with Crippen LogP contribution in [0.1, 0.15) is 74.8 Å². The molecule has 5 aromatic carbocycles. The molecular weight excluding hydrogens is 936 g/mol. The highest BCUT2D eigenvalue weighted by atomic mass is 31.2. The fraction of sp³-hybridized carbons (Fsp3) is 0.364. The minimum Gasteiger partial charge on any atom is -0.497 e. The van der Waals surface area contributed by atoms with E-state index >= 15 is 0 Å². The van der Waals surface area contributed by atoms with Crippen molar-refractivity contribution in [2.45, 2.75) is 76.8 Å². The highest BCUT2D eigenvalue weighted by molar-refractivity contribution is 7.44. The van der Waals surface area contributed by atoms with Crippen molar-refractivity contribution in [2.75, 3.05) is 53.7 Å². The van der Waals surface area contributed by atoms with Gasteiger partial charge in [0.2, 0.25) is 17.7 Å². The smallest absolute Gasteiger partial charge is 0.407 e. The molecule has 0 spiro atoms. The number of ether oxygens (including phenoxy) is 4. The zero-order chi connectivity index (χ0) is 51.6. The Hall–Kier alpha value is -6.86. The first-order chi connectivity index (χ1) is 34.8. The summed E-state index contributed by atoms with van der Waals surface area (Å²) in [5.41, 5.74) is 5.40. The second kappa shape index (κ2) is 26.5. The van der Waals surface area contributed by atoms with Gasteiger partial charge in [0.1, 0.15) is 30.3 Å². The van der Waals surface area contributed by atoms with Gasteiger partial charge in [-0.05, 0) is 97.8 Å². The number of methoxy groups -OCH3 is 2. The lowest BCUT2D eigenvalue weighted by Gasteiger charge is -2.40. The summed E-state index contributed by atoms with van der Waals surface area (Å²) in [7, 11) is 1.45. The largest absolute Gasteiger partial charge is 0.497 e. The number of carbonyl (C=O) groups excluding carboxylic acids is 4. The third-order valence-corrected chi connectivity index (χ3v) is 14.3. The molecule has 0 heterocycles. The topological polar surface area (TPSA) is 199 Å². The number of nitriles is 1. The predicted octanol–water partition coefficient (Wildman–Crippen LogP) is 7.95. The maximum absolute atomic E-state index is 13.9. The third kappa shape index (κ3) is 14.0. The van der Waals surface area contributed by atoms with Gasteiger partial charge in [0.25, 0.3) is 8.53 Å². The fourth-order valence-corrected chi connectivity index (χ4v) is 10.4. The number of fused-ring (bicyclic) bond motifs is 3. The molecular formula is C55H65N6O10P. The van der Waals surface area contributed by atoms with E-state index in [0.717, 1.165) is 38.9 Å². The maximum atomic E-state index is 13.9. The van der Waals surface area contributed by atoms with Crippen LogP contribution in [0.25, 0.3) is 11.1 Å². The van der Waals surface area contributed by atoms with Crippen molar-refractivity contribution in [3.05, 3.63) is 155 Å². The summed E-state index contributed by atoms with van der Waals surface area (Å²) >= 11 is 0. The number of carbonyl (C=O) groups is 4. The third-order valence-electron chi connectivity index (χ3n) is 12.1. The minimum atomic E-state index is -1.75. The van der Waals surface area contributed by atoms with Crippen LogP contribution in [0.5, 0.6) is 11.5 Å². The summed E-state index contributed by atoms with van der Waals surface area (Å²) in [6.45, 7) is 8.70. The summed E-state index contributed by atoms with van der Waals surface area (Å²) in [6, 6.07) is 42.1. The monoisotopic (exact) mass is 1000 g/mol. The molecule has 72 heavy (non-hydrogen) atoms. The number of alkyl carbamates (subject to hydrolysis) is 1. The Labute approximate surface area is 423 Å². The Morgan fingerprint density at radius 1 is 0.653 bits per heavy atom. The lowest BCUT2D eigenvalue weighted by Crippen LogP contribution is -2.51. The van der Waals surface area contributed by atoms with Crippen LogP contribution in [-0.4, -0.2) is 106 Å². The van der Waals surface area contributed by atoms with Gasteiger partial charge in [-0.3, -0.25) is 14.4 Å². The molecule has 1 unspecified atom stereocenters. The Balaban J connectivity index is 1.14. The number of hydrogen-bond acceptors (Lipinski definition) is 12. The van der Waals surface area contributed by atoms with Crippen LogP contribution < -0.4 is 30.7 Å². The van der Waals surface area contributed by atoms with E-state index in [2.05, 4.69) is 32.0 Å². The quantitative estimate of drug-likeness (QED) is 0.0237. The van der Waals surface area contributed by atoms with E-state index in [1.807, 2.05) is 162 Å². The highest BCUT2D eigenvalue weighted by Gasteiger charge is 2.40. The van der Waals surface area contributed by atoms with Crippen molar-refractivity contribution in [2.24, 2.45) is 0 Å². The van der Waals surface area contributed by atoms with Crippen LogP contribution in [0.2, 0.25) is 0 Å². The standard InChI is InChI=1S/C55H65N6O10P/c1-37(2)61(38(3)4)72(70-31-15-30-56)71-39(5)50(36-69-55(40-16-9-8-10-17-40,41-22-26-43(66-6)27-23-41)42-24-28-44(67-7)29-25-42)60-53(64)34-58-51(62)32-57-52(63)33-59-54(65)68-35-49-47-20-13-11-18-45(47)46-19-12-14-21-48(46)49/h8-14,16-29,37-39,49-50H,15,31-36H2,1-7H3,(H,57,63)(H,58,62)(H,59,65)(H,60,64)/t39-,50-,72?/m1/s1. The van der Waals surface area contributed by atoms with Crippen LogP contribution in [0.4, 0.5) is 4.79 Å². The first-order valence-electron chi connectivity index (χ1n) is 23.9. The summed E-state index contributed by atoms with van der Waals surface area (Å²) in [5, 5.41) is 19.9. The van der Waals surface area contributed by atoms with Gasteiger partial charge in [0, 0.05) is 18.0 Å². The molecule has 0 fully saturated rings. The molecule has 0 saturated heterocycles. The number of nitrogens with zero attached hydrogens (tertiary/aromatic N) is 2. The Morgan fingerprint density at radius 3 is 1.65 bits per heavy atom. The molecule has 4 amide bonds. The van der Waals surface area contributed by atoms with Gasteiger partial charge in [-0.25, -0.2) is 9.46 Å². The normalized spacial score (nSPS) is 13.3. The van der Waals surface area contributed by atoms with Gasteiger partial charge in [0.05, 0.1) is 65.2 Å². The molecule has 17 heteroatoms. The van der Waals surface area contributed by atoms with Crippen molar-refractivity contribution in [3.63, 3.8) is 0 Å². The van der Waals surface area contributed by atoms with Crippen LogP contribution in [0.15, 0.2) is 127 Å². The van der Waals surface area contributed by atoms with E-state index in [1.54, 1.807) is 14.2 Å². The molecule has 4 N–H and O–H groups in total. The van der Waals surface area contributed by atoms with Gasteiger partial charge in [-0.2, -0.15) is 5.26 Å². The van der Waals surface area contributed by atoms with Crippen LogP contribution in [0, 0.1) is 11.3 Å². The van der Waals surface area contributed by atoms with Crippen molar-refractivity contribution >= 4 is 32.3 Å². The SMILES string of the molecule is COc1ccc(C(OC[C@@H](NC(=O)CNC(=O)CNC(=O)CNC(=O)OCC2c3ccccc3-c3ccccc32)[C@@H](C)OP(OCCC#N)N(C(C)C)C(C)C)(c2ccccc2)c2ccc(OC)cc2)cc1. The van der Waals surface area contributed by atoms with Gasteiger partial charge < -0.3 is 49.3 Å². The molecule has 0 saturated carbocycles. The van der Waals surface area contributed by atoms with Crippen molar-refractivity contribution in [1.29, 1.82) is 5.26 Å². The van der Waals surface area contributed by atoms with Gasteiger partial charge >= 0.3 is 6.09 Å². The van der Waals surface area contributed by atoms with E-state index in [4.69, 9.17) is 28.0 Å². The van der Waals surface area contributed by atoms with Crippen molar-refractivity contribution < 1.29 is 47.2 Å². The van der Waals surface area contributed by atoms with E-state index < -0.39 is 69.7 Å². The second-order valence-corrected chi connectivity index (χ2v) is 19.0. The summed E-state index contributed by atoms with van der Waals surface area (Å²) in [5.74, 6) is -0.678. The van der Waals surface area contributed by atoms with E-state index in [9.17, 15) is 24.4 Å². The van der Waals surface area contributed by atoms with E-state index in [0.29, 0.717) is 11.5 Å². The van der Waals surface area contributed by atoms with Gasteiger partial charge in [0.15, 0.2) is 0 Å². The molecule has 0 aromatic heterocycles. The number of hydrogen-bond donors (Lipinski definition) is 4. The number of rotatable bonds is 26. The van der Waals surface area contributed by atoms with Crippen LogP contribution >= 0.6 is 8.53 Å². The molecule has 0 bridgehead atoms. The molecule has 6 rings (SSSR count). The van der Waals surface area contributed by atoms with Crippen LogP contribution in [0.3, 0.4) is 0 Å². The molecule has 0 radical (unpaired) electrons. The molecule has 1 aliphatic rings. The summed E-state index contributed by atoms with van der Waals surface area (Å²) in [4.78, 5) is 52.3. The average Bonchev–Trinajstić information content (AvgIpc) is 3.71. The molecule has 380 valence electrons. The molecule has 5 aromatic rings. The fourth-order valence-electron chi connectivity index (χ4n) is 8.64. The Kier molecular flexibility index (Phi) is 20.1. The second-order valence-electron chi connectivity index (χ2n) is 17.6. The molecule has 1 aliphatic carbocycles. The summed E-state index contributed by atoms with van der Waals surface area (Å²) in [6.07, 6.45) is -1.37. The maximum Gasteiger partial charge on any atom is 0.407 e. The summed E-state index contributed by atoms with van der Waals surface area (Å²) < 4.78 is 38.9. The van der Waals surface area contributed by atoms with Crippen molar-refractivity contribution in [3.8, 4) is 28.7 Å². The van der Waals surface area contributed by atoms with E-state index in [-0.39, 0.29) is 44.2 Å². The van der Waals surface area contributed by atoms with Gasteiger partial charge in [-0.15, -0.1) is 0 Å². The Bertz CT molecular complexity index is 2510. The lowest BCUT2D eigenvalue weighted by atomic mass is 9.80. The molecule has 16 nitrogen and oxygen atoms in total. The van der Waals surface area contributed by atoms with Crippen LogP contribution in [-0.2, 0) is 38.5 Å². The number of nitrogens with one attached hydrogen (secondary N) is 4. The highest BCUT2D eigenvalue weighted by Crippen LogP contribution is 2.48. The molecule has 0 aliphatic heterocycles. The number of benzene rings is 5. The minimum absolute atomic E-state index is 0.00460. The Morgan fingerprint density at radius 2 is 1.14 bits per heavy atom. The lowest BCUT2D eigenvalue weighted by molar-refractivity contribution is -0.128.